The van der Waals surface area contributed by atoms with E-state index >= 15 is 0 Å². The Labute approximate surface area is 101 Å². The van der Waals surface area contributed by atoms with Crippen LogP contribution in [0.15, 0.2) is 0 Å². The highest BCUT2D eigenvalue weighted by atomic mass is 16.3. The van der Waals surface area contributed by atoms with Crippen LogP contribution in [0.1, 0.15) is 41.0 Å². The lowest BCUT2D eigenvalue weighted by Crippen LogP contribution is -2.46. The summed E-state index contributed by atoms with van der Waals surface area (Å²) in [7, 11) is 2.13. The zero-order chi connectivity index (χ0) is 12.8. The molecule has 3 nitrogen and oxygen atoms in total. The molecule has 3 heteroatoms. The molecule has 2 atom stereocenters. The number of nitrogens with one attached hydrogen (secondary N) is 1. The van der Waals surface area contributed by atoms with E-state index in [1.807, 2.05) is 6.92 Å². The zero-order valence-electron chi connectivity index (χ0n) is 11.9. The first-order valence-electron chi connectivity index (χ1n) is 6.39. The monoisotopic (exact) mass is 230 g/mol. The Kier molecular flexibility index (Phi) is 7.20. The summed E-state index contributed by atoms with van der Waals surface area (Å²) in [6.45, 7) is 13.8. The van der Waals surface area contributed by atoms with Gasteiger partial charge in [0.2, 0.25) is 0 Å². The van der Waals surface area contributed by atoms with Crippen LogP contribution in [-0.2, 0) is 0 Å². The Bertz CT molecular complexity index is 181. The highest BCUT2D eigenvalue weighted by Crippen LogP contribution is 2.21. The lowest BCUT2D eigenvalue weighted by molar-refractivity contribution is 0.131. The standard InChI is InChI=1S/C13H30N2O/c1-7-14-12(3)13(4,5)10-15(6)9-8-11(2)16/h11-12,14,16H,7-10H2,1-6H3. The van der Waals surface area contributed by atoms with Gasteiger partial charge in [-0.1, -0.05) is 20.8 Å². The van der Waals surface area contributed by atoms with Crippen molar-refractivity contribution < 1.29 is 5.11 Å². The summed E-state index contributed by atoms with van der Waals surface area (Å²) >= 11 is 0. The van der Waals surface area contributed by atoms with Gasteiger partial charge in [0.25, 0.3) is 0 Å². The van der Waals surface area contributed by atoms with Crippen LogP contribution in [0, 0.1) is 5.41 Å². The molecule has 2 unspecified atom stereocenters. The largest absolute Gasteiger partial charge is 0.393 e. The molecule has 2 N–H and O–H groups in total. The first-order valence-corrected chi connectivity index (χ1v) is 6.39. The van der Waals surface area contributed by atoms with Gasteiger partial charge in [-0.15, -0.1) is 0 Å². The van der Waals surface area contributed by atoms with Crippen molar-refractivity contribution in [2.24, 2.45) is 5.41 Å². The lowest BCUT2D eigenvalue weighted by Gasteiger charge is -2.36. The molecule has 0 heterocycles. The predicted molar refractivity (Wildman–Crippen MR) is 70.7 cm³/mol. The fraction of sp³-hybridized carbons (Fsp3) is 1.00. The quantitative estimate of drug-likeness (QED) is 0.666. The minimum absolute atomic E-state index is 0.197. The molecule has 0 saturated heterocycles. The number of rotatable bonds is 8. The normalized spacial score (nSPS) is 16.5. The Morgan fingerprint density at radius 3 is 2.31 bits per heavy atom. The van der Waals surface area contributed by atoms with E-state index in [0.717, 1.165) is 26.1 Å². The van der Waals surface area contributed by atoms with Crippen LogP contribution in [-0.4, -0.2) is 48.8 Å². The number of hydrogen-bond acceptors (Lipinski definition) is 3. The van der Waals surface area contributed by atoms with Crippen molar-refractivity contribution in [2.75, 3.05) is 26.7 Å². The molecule has 0 spiro atoms. The maximum absolute atomic E-state index is 9.25. The summed E-state index contributed by atoms with van der Waals surface area (Å²) < 4.78 is 0. The average Bonchev–Trinajstić information content (AvgIpc) is 2.14. The van der Waals surface area contributed by atoms with Gasteiger partial charge >= 0.3 is 0 Å². The van der Waals surface area contributed by atoms with Crippen LogP contribution in [0.3, 0.4) is 0 Å². The van der Waals surface area contributed by atoms with Crippen LogP contribution in [0.5, 0.6) is 0 Å². The minimum Gasteiger partial charge on any atom is -0.393 e. The number of nitrogens with zero attached hydrogens (tertiary/aromatic N) is 1. The third-order valence-electron chi connectivity index (χ3n) is 3.29. The fourth-order valence-electron chi connectivity index (χ4n) is 1.90. The van der Waals surface area contributed by atoms with Crippen molar-refractivity contribution in [3.8, 4) is 0 Å². The zero-order valence-corrected chi connectivity index (χ0v) is 11.9. The molecule has 0 aromatic carbocycles. The van der Waals surface area contributed by atoms with Crippen molar-refractivity contribution in [3.05, 3.63) is 0 Å². The molecule has 0 aromatic rings. The van der Waals surface area contributed by atoms with E-state index in [1.165, 1.54) is 0 Å². The van der Waals surface area contributed by atoms with Crippen LogP contribution in [0.25, 0.3) is 0 Å². The molecule has 0 aliphatic heterocycles. The van der Waals surface area contributed by atoms with Crippen LogP contribution >= 0.6 is 0 Å². The summed E-state index contributed by atoms with van der Waals surface area (Å²) in [6.07, 6.45) is 0.652. The first-order chi connectivity index (χ1) is 7.29. The van der Waals surface area contributed by atoms with Crippen molar-refractivity contribution in [1.82, 2.24) is 10.2 Å². The topological polar surface area (TPSA) is 35.5 Å². The average molecular weight is 230 g/mol. The molecular formula is C13H30N2O. The second-order valence-corrected chi connectivity index (χ2v) is 5.64. The van der Waals surface area contributed by atoms with Gasteiger partial charge in [0, 0.05) is 19.1 Å². The van der Waals surface area contributed by atoms with Crippen molar-refractivity contribution in [2.45, 2.75) is 53.2 Å². The third-order valence-corrected chi connectivity index (χ3v) is 3.29. The molecule has 0 fully saturated rings. The molecule has 0 aromatic heterocycles. The first kappa shape index (κ1) is 15.9. The van der Waals surface area contributed by atoms with Crippen LogP contribution in [0.2, 0.25) is 0 Å². The molecule has 0 bridgehead atoms. The Morgan fingerprint density at radius 1 is 1.31 bits per heavy atom. The molecule has 0 rings (SSSR count). The molecular weight excluding hydrogens is 200 g/mol. The highest BCUT2D eigenvalue weighted by Gasteiger charge is 2.26. The summed E-state index contributed by atoms with van der Waals surface area (Å²) in [5, 5.41) is 12.7. The van der Waals surface area contributed by atoms with Crippen LogP contribution < -0.4 is 5.32 Å². The summed E-state index contributed by atoms with van der Waals surface area (Å²) in [6, 6.07) is 0.506. The van der Waals surface area contributed by atoms with Crippen molar-refractivity contribution >= 4 is 0 Å². The maximum Gasteiger partial charge on any atom is 0.0524 e. The van der Waals surface area contributed by atoms with Crippen molar-refractivity contribution in [1.29, 1.82) is 0 Å². The number of hydrogen-bond donors (Lipinski definition) is 2. The summed E-state index contributed by atoms with van der Waals surface area (Å²) in [4.78, 5) is 2.31. The van der Waals surface area contributed by atoms with E-state index in [0.29, 0.717) is 6.04 Å². The maximum atomic E-state index is 9.25. The van der Waals surface area contributed by atoms with E-state index in [-0.39, 0.29) is 11.5 Å². The van der Waals surface area contributed by atoms with Crippen LogP contribution in [0.4, 0.5) is 0 Å². The van der Waals surface area contributed by atoms with E-state index in [9.17, 15) is 5.11 Å². The van der Waals surface area contributed by atoms with Gasteiger partial charge in [-0.2, -0.15) is 0 Å². The van der Waals surface area contributed by atoms with Gasteiger partial charge in [-0.05, 0) is 39.3 Å². The Hall–Kier alpha value is -0.120. The minimum atomic E-state index is -0.197. The predicted octanol–water partition coefficient (Wildman–Crippen LogP) is 1.71. The number of aliphatic hydroxyl groups excluding tert-OH is 1. The van der Waals surface area contributed by atoms with E-state index < -0.39 is 0 Å². The van der Waals surface area contributed by atoms with E-state index in [1.54, 1.807) is 0 Å². The summed E-state index contributed by atoms with van der Waals surface area (Å²) in [5.74, 6) is 0. The van der Waals surface area contributed by atoms with Gasteiger partial charge in [0.1, 0.15) is 0 Å². The molecule has 0 aliphatic carbocycles. The van der Waals surface area contributed by atoms with Gasteiger partial charge in [-0.3, -0.25) is 0 Å². The van der Waals surface area contributed by atoms with Gasteiger partial charge in [0.05, 0.1) is 6.10 Å². The Morgan fingerprint density at radius 2 is 1.88 bits per heavy atom. The van der Waals surface area contributed by atoms with E-state index in [4.69, 9.17) is 0 Å². The third kappa shape index (κ3) is 6.46. The molecule has 98 valence electrons. The molecule has 0 aliphatic rings. The fourth-order valence-corrected chi connectivity index (χ4v) is 1.90. The SMILES string of the molecule is CCNC(C)C(C)(C)CN(C)CCC(C)O. The van der Waals surface area contributed by atoms with Gasteiger partial charge in [-0.25, -0.2) is 0 Å². The van der Waals surface area contributed by atoms with Gasteiger partial charge in [0.15, 0.2) is 0 Å². The second kappa shape index (κ2) is 7.25. The molecule has 0 amide bonds. The lowest BCUT2D eigenvalue weighted by atomic mass is 9.84. The summed E-state index contributed by atoms with van der Waals surface area (Å²) in [5.41, 5.74) is 0.253. The van der Waals surface area contributed by atoms with Crippen molar-refractivity contribution in [3.63, 3.8) is 0 Å². The highest BCUT2D eigenvalue weighted by molar-refractivity contribution is 4.83. The molecule has 16 heavy (non-hydrogen) atoms. The Balaban J connectivity index is 4.03. The molecule has 0 saturated carbocycles. The second-order valence-electron chi connectivity index (χ2n) is 5.64. The smallest absolute Gasteiger partial charge is 0.0524 e. The number of aliphatic hydroxyl groups is 1. The van der Waals surface area contributed by atoms with Gasteiger partial charge < -0.3 is 15.3 Å². The molecule has 0 radical (unpaired) electrons. The van der Waals surface area contributed by atoms with E-state index in [2.05, 4.69) is 45.0 Å².